The van der Waals surface area contributed by atoms with Gasteiger partial charge in [0.25, 0.3) is 0 Å². The predicted molar refractivity (Wildman–Crippen MR) is 114 cm³/mol. The van der Waals surface area contributed by atoms with E-state index in [2.05, 4.69) is 20.0 Å². The van der Waals surface area contributed by atoms with Gasteiger partial charge in [-0.2, -0.15) is 18.2 Å². The summed E-state index contributed by atoms with van der Waals surface area (Å²) in [5.41, 5.74) is -2.22. The van der Waals surface area contributed by atoms with Crippen LogP contribution in [0.5, 0.6) is 0 Å². The molecule has 2 heterocycles. The summed E-state index contributed by atoms with van der Waals surface area (Å²) in [6, 6.07) is 2.70. The van der Waals surface area contributed by atoms with Crippen LogP contribution in [0, 0.1) is 5.82 Å². The van der Waals surface area contributed by atoms with E-state index in [0.717, 1.165) is 18.2 Å². The standard InChI is InChI=1S/C20H25F4N5O3S/c1-12(2)28-33(31,32)13-4-5-16(15(21)10-13)26-18-25-11-14(20(22,23)24)17(27-18)29-8-6-19(3,30)7-9-29/h4-5,10-12,28,30H,6-9H2,1-3H3,(H,25,26,27). The fourth-order valence-corrected chi connectivity index (χ4v) is 4.60. The number of hydrogen-bond acceptors (Lipinski definition) is 7. The smallest absolute Gasteiger partial charge is 0.390 e. The third kappa shape index (κ3) is 6.09. The lowest BCUT2D eigenvalue weighted by Crippen LogP contribution is -2.43. The molecule has 0 unspecified atom stereocenters. The van der Waals surface area contributed by atoms with Crippen molar-refractivity contribution < 1.29 is 31.1 Å². The summed E-state index contributed by atoms with van der Waals surface area (Å²) in [4.78, 5) is 8.73. The van der Waals surface area contributed by atoms with Crippen molar-refractivity contribution in [3.05, 3.63) is 35.8 Å². The summed E-state index contributed by atoms with van der Waals surface area (Å²) < 4.78 is 81.9. The first kappa shape index (κ1) is 25.1. The Morgan fingerprint density at radius 1 is 1.21 bits per heavy atom. The lowest BCUT2D eigenvalue weighted by atomic mass is 9.94. The Kier molecular flexibility index (Phi) is 6.87. The Bertz CT molecular complexity index is 1110. The molecule has 0 spiro atoms. The molecule has 33 heavy (non-hydrogen) atoms. The van der Waals surface area contributed by atoms with Crippen LogP contribution >= 0.6 is 0 Å². The number of nitrogens with zero attached hydrogens (tertiary/aromatic N) is 3. The molecule has 1 fully saturated rings. The van der Waals surface area contributed by atoms with Gasteiger partial charge in [-0.3, -0.25) is 0 Å². The summed E-state index contributed by atoms with van der Waals surface area (Å²) in [6.07, 6.45) is -3.59. The van der Waals surface area contributed by atoms with Crippen LogP contribution in [0.25, 0.3) is 0 Å². The second-order valence-electron chi connectivity index (χ2n) is 8.46. The van der Waals surface area contributed by atoms with E-state index in [1.54, 1.807) is 20.8 Å². The molecule has 182 valence electrons. The number of sulfonamides is 1. The average molecular weight is 492 g/mol. The fraction of sp³-hybridized carbons (Fsp3) is 0.500. The van der Waals surface area contributed by atoms with Crippen molar-refractivity contribution in [1.29, 1.82) is 0 Å². The molecule has 2 aromatic rings. The summed E-state index contributed by atoms with van der Waals surface area (Å²) in [5, 5.41) is 12.6. The molecule has 8 nitrogen and oxygen atoms in total. The van der Waals surface area contributed by atoms with E-state index in [0.29, 0.717) is 6.20 Å². The highest BCUT2D eigenvalue weighted by Gasteiger charge is 2.38. The normalized spacial score (nSPS) is 16.8. The predicted octanol–water partition coefficient (Wildman–Crippen LogP) is 3.42. The largest absolute Gasteiger partial charge is 0.421 e. The molecule has 1 aromatic heterocycles. The zero-order valence-electron chi connectivity index (χ0n) is 18.2. The van der Waals surface area contributed by atoms with E-state index in [1.807, 2.05) is 0 Å². The van der Waals surface area contributed by atoms with Gasteiger partial charge in [0.2, 0.25) is 16.0 Å². The molecular formula is C20H25F4N5O3S. The maximum atomic E-state index is 14.6. The Labute approximate surface area is 189 Å². The molecule has 0 bridgehead atoms. The number of alkyl halides is 3. The molecule has 0 aliphatic carbocycles. The van der Waals surface area contributed by atoms with Crippen molar-refractivity contribution >= 4 is 27.5 Å². The monoisotopic (exact) mass is 491 g/mol. The first-order valence-electron chi connectivity index (χ1n) is 10.2. The molecule has 0 atom stereocenters. The van der Waals surface area contributed by atoms with Crippen LogP contribution in [-0.4, -0.2) is 48.2 Å². The lowest BCUT2D eigenvalue weighted by molar-refractivity contribution is -0.137. The number of benzene rings is 1. The SMILES string of the molecule is CC(C)NS(=O)(=O)c1ccc(Nc2ncc(C(F)(F)F)c(N3CCC(C)(O)CC3)n2)c(F)c1. The summed E-state index contributed by atoms with van der Waals surface area (Å²) in [6.45, 7) is 5.15. The lowest BCUT2D eigenvalue weighted by Gasteiger charge is -2.37. The minimum absolute atomic E-state index is 0.149. The van der Waals surface area contributed by atoms with Gasteiger partial charge in [0, 0.05) is 25.3 Å². The maximum absolute atomic E-state index is 14.6. The topological polar surface area (TPSA) is 107 Å². The van der Waals surface area contributed by atoms with Gasteiger partial charge < -0.3 is 15.3 Å². The molecule has 1 aliphatic heterocycles. The van der Waals surface area contributed by atoms with Gasteiger partial charge in [0.15, 0.2) is 0 Å². The Balaban J connectivity index is 1.90. The quantitative estimate of drug-likeness (QED) is 0.532. The number of piperidine rings is 1. The summed E-state index contributed by atoms with van der Waals surface area (Å²) in [5.74, 6) is -1.61. The van der Waals surface area contributed by atoms with E-state index in [4.69, 9.17) is 0 Å². The maximum Gasteiger partial charge on any atom is 0.421 e. The van der Waals surface area contributed by atoms with Crippen LogP contribution < -0.4 is 14.9 Å². The van der Waals surface area contributed by atoms with Crippen molar-refractivity contribution in [3.8, 4) is 0 Å². The molecule has 3 rings (SSSR count). The number of aliphatic hydroxyl groups is 1. The molecule has 3 N–H and O–H groups in total. The van der Waals surface area contributed by atoms with Crippen LogP contribution in [0.1, 0.15) is 39.2 Å². The number of halogens is 4. The van der Waals surface area contributed by atoms with Crippen molar-refractivity contribution in [1.82, 2.24) is 14.7 Å². The number of anilines is 3. The highest BCUT2D eigenvalue weighted by molar-refractivity contribution is 7.89. The molecule has 1 aromatic carbocycles. The van der Waals surface area contributed by atoms with Gasteiger partial charge in [-0.1, -0.05) is 0 Å². The Morgan fingerprint density at radius 2 is 1.85 bits per heavy atom. The first-order chi connectivity index (χ1) is 15.2. The Hall–Kier alpha value is -2.51. The second-order valence-corrected chi connectivity index (χ2v) is 10.2. The highest BCUT2D eigenvalue weighted by Crippen LogP contribution is 2.37. The molecule has 13 heteroatoms. The minimum atomic E-state index is -4.71. The van der Waals surface area contributed by atoms with Crippen molar-refractivity contribution in [2.75, 3.05) is 23.3 Å². The summed E-state index contributed by atoms with van der Waals surface area (Å²) >= 11 is 0. The van der Waals surface area contributed by atoms with E-state index in [-0.39, 0.29) is 48.3 Å². The Morgan fingerprint density at radius 3 is 2.39 bits per heavy atom. The highest BCUT2D eigenvalue weighted by atomic mass is 32.2. The van der Waals surface area contributed by atoms with Crippen LogP contribution in [0.3, 0.4) is 0 Å². The third-order valence-corrected chi connectivity index (χ3v) is 6.76. The van der Waals surface area contributed by atoms with Crippen molar-refractivity contribution in [2.24, 2.45) is 0 Å². The van der Waals surface area contributed by atoms with Crippen LogP contribution in [0.4, 0.5) is 35.0 Å². The van der Waals surface area contributed by atoms with Crippen LogP contribution in [0.15, 0.2) is 29.3 Å². The van der Waals surface area contributed by atoms with E-state index < -0.39 is 39.2 Å². The zero-order chi connectivity index (χ0) is 24.6. The third-order valence-electron chi connectivity index (χ3n) is 5.10. The second kappa shape index (κ2) is 9.03. The van der Waals surface area contributed by atoms with E-state index in [1.165, 1.54) is 4.90 Å². The number of nitrogens with one attached hydrogen (secondary N) is 2. The van der Waals surface area contributed by atoms with Crippen LogP contribution in [-0.2, 0) is 16.2 Å². The number of rotatable bonds is 6. The zero-order valence-corrected chi connectivity index (χ0v) is 19.1. The minimum Gasteiger partial charge on any atom is -0.390 e. The number of hydrogen-bond donors (Lipinski definition) is 3. The fourth-order valence-electron chi connectivity index (χ4n) is 3.34. The first-order valence-corrected chi connectivity index (χ1v) is 11.7. The van der Waals surface area contributed by atoms with Crippen molar-refractivity contribution in [3.63, 3.8) is 0 Å². The molecule has 0 saturated carbocycles. The van der Waals surface area contributed by atoms with Gasteiger partial charge in [0.05, 0.1) is 16.2 Å². The van der Waals surface area contributed by atoms with Crippen LogP contribution in [0.2, 0.25) is 0 Å². The van der Waals surface area contributed by atoms with Gasteiger partial charge >= 0.3 is 6.18 Å². The van der Waals surface area contributed by atoms with Gasteiger partial charge in [-0.15, -0.1) is 0 Å². The van der Waals surface area contributed by atoms with E-state index >= 15 is 0 Å². The molecular weight excluding hydrogens is 466 g/mol. The number of aromatic nitrogens is 2. The molecule has 0 amide bonds. The summed E-state index contributed by atoms with van der Waals surface area (Å²) in [7, 11) is -3.93. The van der Waals surface area contributed by atoms with E-state index in [9.17, 15) is 31.1 Å². The van der Waals surface area contributed by atoms with Gasteiger partial charge in [-0.05, 0) is 51.8 Å². The molecule has 1 aliphatic rings. The molecule has 0 radical (unpaired) electrons. The average Bonchev–Trinajstić information content (AvgIpc) is 2.67. The molecule has 1 saturated heterocycles. The van der Waals surface area contributed by atoms with Gasteiger partial charge in [-0.25, -0.2) is 22.5 Å². The van der Waals surface area contributed by atoms with Gasteiger partial charge in [0.1, 0.15) is 17.2 Å². The van der Waals surface area contributed by atoms with Crippen molar-refractivity contribution in [2.45, 2.75) is 56.3 Å².